The van der Waals surface area contributed by atoms with Crippen molar-refractivity contribution >= 4 is 72.6 Å². The number of anilines is 3. The molecule has 1 heterocycles. The summed E-state index contributed by atoms with van der Waals surface area (Å²) < 4.78 is 2.41. The molecule has 0 fully saturated rings. The minimum atomic E-state index is 1.11. The first-order valence-electron chi connectivity index (χ1n) is 15.4. The monoisotopic (exact) mass is 576 g/mol. The molecular formula is C43H32N2. The van der Waals surface area contributed by atoms with Gasteiger partial charge in [0.15, 0.2) is 0 Å². The van der Waals surface area contributed by atoms with Gasteiger partial charge < -0.3 is 9.47 Å². The molecule has 2 nitrogen and oxygen atoms in total. The number of benzene rings is 7. The highest BCUT2D eigenvalue weighted by atomic mass is 15.1. The highest BCUT2D eigenvalue weighted by Crippen LogP contribution is 2.45. The number of aromatic nitrogens is 1. The number of hydrogen-bond donors (Lipinski definition) is 0. The Morgan fingerprint density at radius 1 is 0.511 bits per heavy atom. The van der Waals surface area contributed by atoms with Crippen molar-refractivity contribution in [2.24, 2.45) is 0 Å². The van der Waals surface area contributed by atoms with E-state index in [1.807, 2.05) is 6.08 Å². The third kappa shape index (κ3) is 4.26. The normalized spacial score (nSPS) is 11.7. The van der Waals surface area contributed by atoms with Crippen LogP contribution in [-0.2, 0) is 0 Å². The van der Waals surface area contributed by atoms with Gasteiger partial charge in [-0.05, 0) is 77.2 Å². The molecule has 0 aliphatic carbocycles. The number of para-hydroxylation sites is 4. The first kappa shape index (κ1) is 26.7. The lowest BCUT2D eigenvalue weighted by Gasteiger charge is -2.28. The zero-order valence-corrected chi connectivity index (χ0v) is 25.2. The van der Waals surface area contributed by atoms with Gasteiger partial charge in [0.05, 0.1) is 22.4 Å². The van der Waals surface area contributed by atoms with Gasteiger partial charge in [0.1, 0.15) is 0 Å². The maximum absolute atomic E-state index is 4.37. The van der Waals surface area contributed by atoms with E-state index in [0.29, 0.717) is 0 Å². The van der Waals surface area contributed by atoms with E-state index in [4.69, 9.17) is 0 Å². The molecule has 0 aliphatic rings. The van der Waals surface area contributed by atoms with Crippen LogP contribution in [-0.4, -0.2) is 4.57 Å². The smallest absolute Gasteiger partial charge is 0.0546 e. The van der Waals surface area contributed by atoms with Crippen molar-refractivity contribution in [2.75, 3.05) is 4.90 Å². The SMILES string of the molecule is C=Cc1c(-n2c3ccccc3c3ccccc32)cc2c(cc(N(c3ccccc3)c3ccccc3)c3ccccc32)c1/C=C\C. The van der Waals surface area contributed by atoms with Crippen LogP contribution in [0, 0.1) is 0 Å². The lowest BCUT2D eigenvalue weighted by Crippen LogP contribution is -2.10. The molecule has 0 radical (unpaired) electrons. The van der Waals surface area contributed by atoms with Crippen LogP contribution < -0.4 is 4.90 Å². The molecule has 0 saturated carbocycles. The van der Waals surface area contributed by atoms with E-state index >= 15 is 0 Å². The summed E-state index contributed by atoms with van der Waals surface area (Å²) >= 11 is 0. The Kier molecular flexibility index (Phi) is 6.54. The van der Waals surface area contributed by atoms with Crippen LogP contribution in [0.5, 0.6) is 0 Å². The average molecular weight is 577 g/mol. The maximum Gasteiger partial charge on any atom is 0.0546 e. The van der Waals surface area contributed by atoms with Crippen molar-refractivity contribution in [3.8, 4) is 5.69 Å². The second-order valence-electron chi connectivity index (χ2n) is 11.3. The number of rotatable bonds is 6. The van der Waals surface area contributed by atoms with Gasteiger partial charge in [-0.15, -0.1) is 0 Å². The summed E-state index contributed by atoms with van der Waals surface area (Å²) in [6, 6.07) is 52.2. The molecule has 45 heavy (non-hydrogen) atoms. The van der Waals surface area contributed by atoms with Crippen LogP contribution in [0.3, 0.4) is 0 Å². The minimum absolute atomic E-state index is 1.11. The molecular weight excluding hydrogens is 544 g/mol. The fourth-order valence-corrected chi connectivity index (χ4v) is 6.95. The van der Waals surface area contributed by atoms with Gasteiger partial charge in [0.25, 0.3) is 0 Å². The van der Waals surface area contributed by atoms with Crippen LogP contribution in [0.15, 0.2) is 158 Å². The average Bonchev–Trinajstić information content (AvgIpc) is 3.44. The molecule has 0 aliphatic heterocycles. The molecule has 0 atom stereocenters. The molecule has 0 unspecified atom stereocenters. The predicted octanol–water partition coefficient (Wildman–Crippen LogP) is 12.2. The van der Waals surface area contributed by atoms with Gasteiger partial charge >= 0.3 is 0 Å². The number of hydrogen-bond acceptors (Lipinski definition) is 1. The van der Waals surface area contributed by atoms with Crippen molar-refractivity contribution < 1.29 is 0 Å². The Morgan fingerprint density at radius 2 is 1.02 bits per heavy atom. The Hall–Kier alpha value is -5.86. The Labute approximate surface area is 263 Å². The largest absolute Gasteiger partial charge is 0.310 e. The van der Waals surface area contributed by atoms with Gasteiger partial charge in [-0.3, -0.25) is 0 Å². The molecule has 8 aromatic rings. The van der Waals surface area contributed by atoms with Crippen molar-refractivity contribution in [1.29, 1.82) is 0 Å². The molecule has 1 aromatic heterocycles. The van der Waals surface area contributed by atoms with Crippen LogP contribution in [0.25, 0.3) is 61.2 Å². The molecule has 214 valence electrons. The first-order valence-corrected chi connectivity index (χ1v) is 15.4. The fraction of sp³-hybridized carbons (Fsp3) is 0.0233. The lowest BCUT2D eigenvalue weighted by atomic mass is 9.91. The molecule has 8 rings (SSSR count). The first-order chi connectivity index (χ1) is 22.3. The van der Waals surface area contributed by atoms with E-state index in [9.17, 15) is 0 Å². The van der Waals surface area contributed by atoms with Crippen molar-refractivity contribution in [3.63, 3.8) is 0 Å². The van der Waals surface area contributed by atoms with E-state index in [1.165, 1.54) is 43.4 Å². The Balaban J connectivity index is 1.53. The van der Waals surface area contributed by atoms with Gasteiger partial charge in [-0.25, -0.2) is 0 Å². The molecule has 0 saturated heterocycles. The summed E-state index contributed by atoms with van der Waals surface area (Å²) in [7, 11) is 0. The number of allylic oxidation sites excluding steroid dienone is 1. The van der Waals surface area contributed by atoms with Crippen LogP contribution in [0.4, 0.5) is 17.1 Å². The predicted molar refractivity (Wildman–Crippen MR) is 195 cm³/mol. The summed E-state index contributed by atoms with van der Waals surface area (Å²) in [5, 5.41) is 7.31. The zero-order valence-electron chi connectivity index (χ0n) is 25.2. The van der Waals surface area contributed by atoms with Crippen LogP contribution in [0.2, 0.25) is 0 Å². The molecule has 0 bridgehead atoms. The molecule has 0 N–H and O–H groups in total. The summed E-state index contributed by atoms with van der Waals surface area (Å²) in [5.41, 5.74) is 9.15. The van der Waals surface area contributed by atoms with Crippen molar-refractivity contribution in [2.45, 2.75) is 6.92 Å². The highest BCUT2D eigenvalue weighted by Gasteiger charge is 2.21. The molecule has 0 spiro atoms. The third-order valence-electron chi connectivity index (χ3n) is 8.83. The van der Waals surface area contributed by atoms with E-state index in [0.717, 1.165) is 33.9 Å². The second kappa shape index (κ2) is 11.0. The second-order valence-corrected chi connectivity index (χ2v) is 11.3. The van der Waals surface area contributed by atoms with Gasteiger partial charge in [-0.1, -0.05) is 122 Å². The summed E-state index contributed by atoms with van der Waals surface area (Å²) in [5.74, 6) is 0. The maximum atomic E-state index is 4.37. The van der Waals surface area contributed by atoms with E-state index in [1.54, 1.807) is 0 Å². The molecule has 2 heteroatoms. The van der Waals surface area contributed by atoms with Gasteiger partial charge in [0.2, 0.25) is 0 Å². The van der Waals surface area contributed by atoms with Crippen molar-refractivity contribution in [1.82, 2.24) is 4.57 Å². The van der Waals surface area contributed by atoms with E-state index in [2.05, 4.69) is 181 Å². The fourth-order valence-electron chi connectivity index (χ4n) is 6.95. The number of fused-ring (bicyclic) bond motifs is 6. The topological polar surface area (TPSA) is 8.17 Å². The Morgan fingerprint density at radius 3 is 1.58 bits per heavy atom. The van der Waals surface area contributed by atoms with E-state index < -0.39 is 0 Å². The molecule has 7 aromatic carbocycles. The minimum Gasteiger partial charge on any atom is -0.310 e. The summed E-state index contributed by atoms with van der Waals surface area (Å²) in [6.07, 6.45) is 6.40. The summed E-state index contributed by atoms with van der Waals surface area (Å²) in [4.78, 5) is 2.37. The lowest BCUT2D eigenvalue weighted by molar-refractivity contribution is 1.18. The van der Waals surface area contributed by atoms with Crippen molar-refractivity contribution in [3.05, 3.63) is 169 Å². The van der Waals surface area contributed by atoms with Gasteiger partial charge in [0, 0.05) is 33.1 Å². The summed E-state index contributed by atoms with van der Waals surface area (Å²) in [6.45, 7) is 6.46. The quantitative estimate of drug-likeness (QED) is 0.179. The standard InChI is InChI=1S/C43H32N2/c1-3-17-33-32(4-2)42(45-40-26-15-13-24-36(40)37-25-14-16-27-41(37)45)28-39-34-22-11-12-23-35(34)43(29-38(33)39)44(30-18-7-5-8-19-30)31-20-9-6-10-21-31/h3-29H,2H2,1H3/b17-3-. The Bertz CT molecular complexity index is 2300. The van der Waals surface area contributed by atoms with Crippen LogP contribution in [0.1, 0.15) is 18.1 Å². The van der Waals surface area contributed by atoms with Gasteiger partial charge in [-0.2, -0.15) is 0 Å². The van der Waals surface area contributed by atoms with Crippen LogP contribution >= 0.6 is 0 Å². The molecule has 0 amide bonds. The highest BCUT2D eigenvalue weighted by molar-refractivity contribution is 6.18. The van der Waals surface area contributed by atoms with E-state index in [-0.39, 0.29) is 0 Å². The third-order valence-corrected chi connectivity index (χ3v) is 8.83. The zero-order chi connectivity index (χ0) is 30.3. The number of nitrogens with zero attached hydrogens (tertiary/aromatic N) is 2.